The van der Waals surface area contributed by atoms with Crippen molar-refractivity contribution in [2.24, 2.45) is 0 Å². The number of hydrogen-bond acceptors (Lipinski definition) is 6. The molecule has 0 aromatic carbocycles. The molecule has 1 heterocycles. The number of aliphatic hydroxyl groups excluding tert-OH is 1. The molecule has 1 rings (SSSR count). The second kappa shape index (κ2) is 6.36. The minimum atomic E-state index is -4.64. The van der Waals surface area contributed by atoms with E-state index < -0.39 is 12.0 Å². The van der Waals surface area contributed by atoms with E-state index in [1.54, 1.807) is 0 Å². The Morgan fingerprint density at radius 2 is 2.06 bits per heavy atom. The highest BCUT2D eigenvalue weighted by molar-refractivity contribution is 5.44. The van der Waals surface area contributed by atoms with Gasteiger partial charge in [-0.2, -0.15) is 13.2 Å². The molecule has 0 aliphatic rings. The molecule has 0 aliphatic carbocycles. The van der Waals surface area contributed by atoms with Crippen molar-refractivity contribution < 1.29 is 23.0 Å². The molecule has 18 heavy (non-hydrogen) atoms. The molecule has 0 atom stereocenters. The maximum Gasteiger partial charge on any atom is 0.451 e. The Morgan fingerprint density at radius 1 is 1.33 bits per heavy atom. The van der Waals surface area contributed by atoms with Gasteiger partial charge in [0.1, 0.15) is 11.6 Å². The lowest BCUT2D eigenvalue weighted by Crippen LogP contribution is -2.16. The molecule has 0 bridgehead atoms. The fraction of sp³-hybridized carbons (Fsp3) is 0.556. The average molecular weight is 266 g/mol. The molecule has 1 aromatic rings. The van der Waals surface area contributed by atoms with Crippen molar-refractivity contribution in [3.8, 4) is 0 Å². The van der Waals surface area contributed by atoms with Crippen LogP contribution in [0.3, 0.4) is 0 Å². The van der Waals surface area contributed by atoms with Crippen LogP contribution in [0.15, 0.2) is 6.07 Å². The molecule has 0 amide bonds. The predicted molar refractivity (Wildman–Crippen MR) is 57.8 cm³/mol. The summed E-state index contributed by atoms with van der Waals surface area (Å²) in [6, 6.07) is 1.20. The Balaban J connectivity index is 2.58. The van der Waals surface area contributed by atoms with E-state index >= 15 is 0 Å². The number of nitrogen functional groups attached to an aromatic ring is 1. The van der Waals surface area contributed by atoms with Crippen molar-refractivity contribution >= 4 is 11.6 Å². The standard InChI is InChI=1S/C9H13F3N4O2/c10-9(11,12)8-15-6(13)5-7(16-8)14-1-3-18-4-2-17/h5,17H,1-4H2,(H3,13,14,15,16). The lowest BCUT2D eigenvalue weighted by Gasteiger charge is -2.10. The van der Waals surface area contributed by atoms with Gasteiger partial charge < -0.3 is 20.9 Å². The molecule has 0 fully saturated rings. The first-order valence-electron chi connectivity index (χ1n) is 5.07. The van der Waals surface area contributed by atoms with Crippen molar-refractivity contribution in [1.82, 2.24) is 9.97 Å². The Labute approximate surface area is 101 Å². The largest absolute Gasteiger partial charge is 0.451 e. The Hall–Kier alpha value is -1.61. The molecule has 0 aliphatic heterocycles. The zero-order valence-corrected chi connectivity index (χ0v) is 9.37. The van der Waals surface area contributed by atoms with Gasteiger partial charge in [0.2, 0.25) is 5.82 Å². The average Bonchev–Trinajstić information content (AvgIpc) is 2.27. The first-order valence-corrected chi connectivity index (χ1v) is 5.07. The molecular weight excluding hydrogens is 253 g/mol. The van der Waals surface area contributed by atoms with Gasteiger partial charge in [-0.3, -0.25) is 0 Å². The van der Waals surface area contributed by atoms with Crippen LogP contribution in [0, 0.1) is 0 Å². The van der Waals surface area contributed by atoms with Crippen LogP contribution in [0.4, 0.5) is 24.8 Å². The number of hydrogen-bond donors (Lipinski definition) is 3. The summed E-state index contributed by atoms with van der Waals surface area (Å²) in [6.07, 6.45) is -4.64. The molecule has 1 aromatic heterocycles. The van der Waals surface area contributed by atoms with Crippen LogP contribution >= 0.6 is 0 Å². The summed E-state index contributed by atoms with van der Waals surface area (Å²) in [6.45, 7) is 0.527. The smallest absolute Gasteiger partial charge is 0.394 e. The Bertz CT molecular complexity index is 387. The Morgan fingerprint density at radius 3 is 2.67 bits per heavy atom. The summed E-state index contributed by atoms with van der Waals surface area (Å²) in [5, 5.41) is 11.1. The molecule has 0 unspecified atom stereocenters. The van der Waals surface area contributed by atoms with Crippen LogP contribution in [0.1, 0.15) is 5.82 Å². The maximum absolute atomic E-state index is 12.4. The summed E-state index contributed by atoms with van der Waals surface area (Å²) in [5.74, 6) is -1.58. The summed E-state index contributed by atoms with van der Waals surface area (Å²) >= 11 is 0. The summed E-state index contributed by atoms with van der Waals surface area (Å²) in [4.78, 5) is 6.39. The molecule has 0 saturated heterocycles. The molecule has 0 saturated carbocycles. The third-order valence-corrected chi connectivity index (χ3v) is 1.79. The fourth-order valence-electron chi connectivity index (χ4n) is 1.10. The fourth-order valence-corrected chi connectivity index (χ4v) is 1.10. The van der Waals surface area contributed by atoms with Gasteiger partial charge in [-0.15, -0.1) is 0 Å². The van der Waals surface area contributed by atoms with Crippen LogP contribution in [0.2, 0.25) is 0 Å². The zero-order chi connectivity index (χ0) is 13.6. The zero-order valence-electron chi connectivity index (χ0n) is 9.37. The minimum Gasteiger partial charge on any atom is -0.394 e. The van der Waals surface area contributed by atoms with Crippen molar-refractivity contribution in [3.05, 3.63) is 11.9 Å². The number of anilines is 2. The first-order chi connectivity index (χ1) is 8.43. The van der Waals surface area contributed by atoms with Gasteiger partial charge in [0.05, 0.1) is 19.8 Å². The number of rotatable bonds is 6. The number of nitrogens with one attached hydrogen (secondary N) is 1. The second-order valence-electron chi connectivity index (χ2n) is 3.26. The van der Waals surface area contributed by atoms with E-state index in [1.165, 1.54) is 6.07 Å². The number of aliphatic hydroxyl groups is 1. The maximum atomic E-state index is 12.4. The van der Waals surface area contributed by atoms with Crippen LogP contribution in [0.25, 0.3) is 0 Å². The van der Waals surface area contributed by atoms with E-state index in [4.69, 9.17) is 15.6 Å². The minimum absolute atomic E-state index is 0.0255. The number of halogens is 3. The highest BCUT2D eigenvalue weighted by atomic mass is 19.4. The predicted octanol–water partition coefficient (Wildman–Crippen LogP) is 0.498. The normalized spacial score (nSPS) is 11.6. The van der Waals surface area contributed by atoms with Gasteiger partial charge in [0.25, 0.3) is 0 Å². The number of nitrogens with two attached hydrogens (primary N) is 1. The van der Waals surface area contributed by atoms with Crippen molar-refractivity contribution in [2.75, 3.05) is 37.4 Å². The first kappa shape index (κ1) is 14.5. The lowest BCUT2D eigenvalue weighted by molar-refractivity contribution is -0.144. The van der Waals surface area contributed by atoms with Gasteiger partial charge >= 0.3 is 6.18 Å². The summed E-state index contributed by atoms with van der Waals surface area (Å²) in [5.41, 5.74) is 5.25. The van der Waals surface area contributed by atoms with Crippen molar-refractivity contribution in [3.63, 3.8) is 0 Å². The molecule has 6 nitrogen and oxygen atoms in total. The van der Waals surface area contributed by atoms with E-state index in [1.807, 2.05) is 0 Å². The van der Waals surface area contributed by atoms with Crippen LogP contribution in [-0.2, 0) is 10.9 Å². The van der Waals surface area contributed by atoms with E-state index in [0.29, 0.717) is 0 Å². The number of ether oxygens (including phenoxy) is 1. The third kappa shape index (κ3) is 4.72. The molecule has 0 radical (unpaired) electrons. The molecule has 0 spiro atoms. The lowest BCUT2D eigenvalue weighted by atomic mass is 10.4. The monoisotopic (exact) mass is 266 g/mol. The Kier molecular flexibility index (Phi) is 5.10. The van der Waals surface area contributed by atoms with Gasteiger partial charge in [0, 0.05) is 12.6 Å². The highest BCUT2D eigenvalue weighted by Gasteiger charge is 2.35. The summed E-state index contributed by atoms with van der Waals surface area (Å²) in [7, 11) is 0. The highest BCUT2D eigenvalue weighted by Crippen LogP contribution is 2.27. The van der Waals surface area contributed by atoms with Crippen molar-refractivity contribution in [1.29, 1.82) is 0 Å². The summed E-state index contributed by atoms with van der Waals surface area (Å²) < 4.78 is 42.1. The number of alkyl halides is 3. The number of aromatic nitrogens is 2. The van der Waals surface area contributed by atoms with Crippen molar-refractivity contribution in [2.45, 2.75) is 6.18 Å². The van der Waals surface area contributed by atoms with Gasteiger partial charge in [-0.25, -0.2) is 9.97 Å². The van der Waals surface area contributed by atoms with E-state index in [0.717, 1.165) is 0 Å². The SMILES string of the molecule is Nc1cc(NCCOCCO)nc(C(F)(F)F)n1. The molecule has 9 heteroatoms. The third-order valence-electron chi connectivity index (χ3n) is 1.79. The van der Waals surface area contributed by atoms with E-state index in [9.17, 15) is 13.2 Å². The van der Waals surface area contributed by atoms with Crippen LogP contribution < -0.4 is 11.1 Å². The van der Waals surface area contributed by atoms with E-state index in [2.05, 4.69) is 15.3 Å². The molecular formula is C9H13F3N4O2. The van der Waals surface area contributed by atoms with E-state index in [-0.39, 0.29) is 38.0 Å². The van der Waals surface area contributed by atoms with Gasteiger partial charge in [-0.05, 0) is 0 Å². The topological polar surface area (TPSA) is 93.3 Å². The van der Waals surface area contributed by atoms with Gasteiger partial charge in [0.15, 0.2) is 0 Å². The quantitative estimate of drug-likeness (QED) is 0.649. The molecule has 4 N–H and O–H groups in total. The van der Waals surface area contributed by atoms with Crippen LogP contribution in [0.5, 0.6) is 0 Å². The molecule has 102 valence electrons. The number of nitrogens with zero attached hydrogens (tertiary/aromatic N) is 2. The second-order valence-corrected chi connectivity index (χ2v) is 3.26. The van der Waals surface area contributed by atoms with Gasteiger partial charge in [-0.1, -0.05) is 0 Å². The van der Waals surface area contributed by atoms with Crippen LogP contribution in [-0.4, -0.2) is 41.4 Å².